The standard InChI is InChI=1S/C17H24N2OS/c1-3-5-6-11-19-15(16-8-7-12-21-16)10-9-14(17(19)20)13-18-4-2/h7-10,12,18H,3-6,11,13H2,1-2H3. The molecule has 0 aliphatic rings. The third kappa shape index (κ3) is 4.05. The van der Waals surface area contributed by atoms with Gasteiger partial charge in [0.1, 0.15) is 0 Å². The number of nitrogens with one attached hydrogen (secondary N) is 1. The molecule has 3 nitrogen and oxygen atoms in total. The number of aromatic nitrogens is 1. The van der Waals surface area contributed by atoms with Gasteiger partial charge in [0.15, 0.2) is 0 Å². The van der Waals surface area contributed by atoms with Gasteiger partial charge in [0.25, 0.3) is 5.56 Å². The van der Waals surface area contributed by atoms with Crippen LogP contribution in [-0.2, 0) is 13.1 Å². The first-order chi connectivity index (χ1) is 10.3. The van der Waals surface area contributed by atoms with Crippen LogP contribution in [0.2, 0.25) is 0 Å². The van der Waals surface area contributed by atoms with Crippen molar-refractivity contribution >= 4 is 11.3 Å². The average molecular weight is 304 g/mol. The van der Waals surface area contributed by atoms with Gasteiger partial charge < -0.3 is 9.88 Å². The number of unbranched alkanes of at least 4 members (excludes halogenated alkanes) is 2. The minimum atomic E-state index is 0.151. The SMILES string of the molecule is CCCCCn1c(-c2cccs2)ccc(CNCC)c1=O. The summed E-state index contributed by atoms with van der Waals surface area (Å²) in [6.07, 6.45) is 3.38. The highest BCUT2D eigenvalue weighted by molar-refractivity contribution is 7.13. The summed E-state index contributed by atoms with van der Waals surface area (Å²) in [5.41, 5.74) is 2.05. The van der Waals surface area contributed by atoms with E-state index in [-0.39, 0.29) is 5.56 Å². The van der Waals surface area contributed by atoms with E-state index in [1.165, 1.54) is 11.3 Å². The first kappa shape index (κ1) is 16.0. The Balaban J connectivity index is 2.35. The lowest BCUT2D eigenvalue weighted by atomic mass is 10.2. The van der Waals surface area contributed by atoms with Crippen molar-refractivity contribution in [2.45, 2.75) is 46.2 Å². The monoisotopic (exact) mass is 304 g/mol. The first-order valence-electron chi connectivity index (χ1n) is 7.75. The van der Waals surface area contributed by atoms with Gasteiger partial charge in [-0.25, -0.2) is 0 Å². The van der Waals surface area contributed by atoms with Crippen molar-refractivity contribution in [3.63, 3.8) is 0 Å². The topological polar surface area (TPSA) is 34.0 Å². The number of thiophene rings is 1. The minimum absolute atomic E-state index is 0.151. The molecule has 21 heavy (non-hydrogen) atoms. The van der Waals surface area contributed by atoms with E-state index in [0.717, 1.165) is 37.2 Å². The molecule has 0 saturated carbocycles. The smallest absolute Gasteiger partial charge is 0.255 e. The predicted octanol–water partition coefficient (Wildman–Crippen LogP) is 3.88. The molecule has 2 aromatic rings. The van der Waals surface area contributed by atoms with Gasteiger partial charge in [0, 0.05) is 18.7 Å². The van der Waals surface area contributed by atoms with Crippen molar-refractivity contribution in [2.24, 2.45) is 0 Å². The van der Waals surface area contributed by atoms with E-state index in [2.05, 4.69) is 36.7 Å². The van der Waals surface area contributed by atoms with Crippen LogP contribution in [0, 0.1) is 0 Å². The first-order valence-corrected chi connectivity index (χ1v) is 8.63. The highest BCUT2D eigenvalue weighted by atomic mass is 32.1. The van der Waals surface area contributed by atoms with E-state index in [9.17, 15) is 4.79 Å². The largest absolute Gasteiger partial charge is 0.313 e. The minimum Gasteiger partial charge on any atom is -0.313 e. The summed E-state index contributed by atoms with van der Waals surface area (Å²) >= 11 is 1.69. The molecule has 0 aliphatic heterocycles. The van der Waals surface area contributed by atoms with Crippen LogP contribution in [0.25, 0.3) is 10.6 Å². The zero-order chi connectivity index (χ0) is 15.1. The molecule has 2 rings (SSSR count). The highest BCUT2D eigenvalue weighted by Gasteiger charge is 2.10. The maximum absolute atomic E-state index is 12.7. The highest BCUT2D eigenvalue weighted by Crippen LogP contribution is 2.24. The number of pyridine rings is 1. The Hall–Kier alpha value is -1.39. The molecule has 1 N–H and O–H groups in total. The molecule has 2 heterocycles. The Kier molecular flexibility index (Phi) is 6.21. The van der Waals surface area contributed by atoms with Crippen molar-refractivity contribution in [1.29, 1.82) is 0 Å². The lowest BCUT2D eigenvalue weighted by molar-refractivity contribution is 0.585. The molecule has 0 spiro atoms. The van der Waals surface area contributed by atoms with E-state index in [4.69, 9.17) is 0 Å². The molecule has 0 aromatic carbocycles. The fourth-order valence-electron chi connectivity index (χ4n) is 2.40. The second-order valence-corrected chi connectivity index (χ2v) is 6.11. The van der Waals surface area contributed by atoms with E-state index in [1.807, 2.05) is 16.7 Å². The zero-order valence-corrected chi connectivity index (χ0v) is 13.7. The Labute approximate surface area is 130 Å². The van der Waals surface area contributed by atoms with Crippen LogP contribution in [0.4, 0.5) is 0 Å². The fourth-order valence-corrected chi connectivity index (χ4v) is 3.16. The molecule has 0 fully saturated rings. The molecule has 0 atom stereocenters. The van der Waals surface area contributed by atoms with Crippen molar-refractivity contribution < 1.29 is 0 Å². The van der Waals surface area contributed by atoms with Gasteiger partial charge in [-0.3, -0.25) is 4.79 Å². The lowest BCUT2D eigenvalue weighted by Crippen LogP contribution is -2.28. The van der Waals surface area contributed by atoms with E-state index >= 15 is 0 Å². The van der Waals surface area contributed by atoms with Gasteiger partial charge in [-0.15, -0.1) is 11.3 Å². The summed E-state index contributed by atoms with van der Waals surface area (Å²) in [5, 5.41) is 5.30. The predicted molar refractivity (Wildman–Crippen MR) is 90.9 cm³/mol. The normalized spacial score (nSPS) is 11.0. The second-order valence-electron chi connectivity index (χ2n) is 5.17. The van der Waals surface area contributed by atoms with Crippen molar-refractivity contribution in [3.05, 3.63) is 45.6 Å². The summed E-state index contributed by atoms with van der Waals surface area (Å²) in [4.78, 5) is 13.9. The van der Waals surface area contributed by atoms with Crippen LogP contribution in [0.1, 0.15) is 38.7 Å². The number of hydrogen-bond donors (Lipinski definition) is 1. The van der Waals surface area contributed by atoms with Crippen molar-refractivity contribution in [2.75, 3.05) is 6.54 Å². The molecule has 0 aliphatic carbocycles. The molecule has 4 heteroatoms. The van der Waals surface area contributed by atoms with E-state index in [0.29, 0.717) is 6.54 Å². The molecular formula is C17H24N2OS. The van der Waals surface area contributed by atoms with Crippen LogP contribution >= 0.6 is 11.3 Å². The fraction of sp³-hybridized carbons (Fsp3) is 0.471. The van der Waals surface area contributed by atoms with E-state index in [1.54, 1.807) is 11.3 Å². The Morgan fingerprint density at radius 2 is 2.05 bits per heavy atom. The second kappa shape index (κ2) is 8.15. The quantitative estimate of drug-likeness (QED) is 0.751. The van der Waals surface area contributed by atoms with Crippen LogP contribution in [0.15, 0.2) is 34.4 Å². The van der Waals surface area contributed by atoms with Crippen LogP contribution in [0.3, 0.4) is 0 Å². The molecule has 0 radical (unpaired) electrons. The van der Waals surface area contributed by atoms with E-state index < -0.39 is 0 Å². The molecule has 114 valence electrons. The van der Waals surface area contributed by atoms with Gasteiger partial charge in [-0.1, -0.05) is 38.8 Å². The molecule has 0 bridgehead atoms. The Morgan fingerprint density at radius 1 is 1.19 bits per heavy atom. The van der Waals surface area contributed by atoms with Gasteiger partial charge in [0.2, 0.25) is 0 Å². The maximum Gasteiger partial charge on any atom is 0.255 e. The molecule has 2 aromatic heterocycles. The number of rotatable bonds is 8. The van der Waals surface area contributed by atoms with Crippen LogP contribution in [0.5, 0.6) is 0 Å². The molecule has 0 saturated heterocycles. The van der Waals surface area contributed by atoms with Crippen LogP contribution in [-0.4, -0.2) is 11.1 Å². The van der Waals surface area contributed by atoms with Crippen LogP contribution < -0.4 is 10.9 Å². The summed E-state index contributed by atoms with van der Waals surface area (Å²) < 4.78 is 1.95. The summed E-state index contributed by atoms with van der Waals surface area (Å²) in [7, 11) is 0. The Morgan fingerprint density at radius 3 is 2.71 bits per heavy atom. The van der Waals surface area contributed by atoms with Gasteiger partial charge in [-0.2, -0.15) is 0 Å². The molecule has 0 amide bonds. The zero-order valence-electron chi connectivity index (χ0n) is 12.9. The third-order valence-corrected chi connectivity index (χ3v) is 4.47. The van der Waals surface area contributed by atoms with Crippen molar-refractivity contribution in [3.8, 4) is 10.6 Å². The molecule has 0 unspecified atom stereocenters. The molecular weight excluding hydrogens is 280 g/mol. The summed E-state index contributed by atoms with van der Waals surface area (Å²) in [6.45, 7) is 6.57. The van der Waals surface area contributed by atoms with Gasteiger partial charge in [0.05, 0.1) is 10.6 Å². The maximum atomic E-state index is 12.7. The number of hydrogen-bond acceptors (Lipinski definition) is 3. The van der Waals surface area contributed by atoms with Crippen molar-refractivity contribution in [1.82, 2.24) is 9.88 Å². The number of nitrogens with zero attached hydrogens (tertiary/aromatic N) is 1. The summed E-state index contributed by atoms with van der Waals surface area (Å²) in [6, 6.07) is 8.18. The Bertz CT molecular complexity index is 602. The average Bonchev–Trinajstić information content (AvgIpc) is 3.02. The van der Waals surface area contributed by atoms with Gasteiger partial charge >= 0.3 is 0 Å². The third-order valence-electron chi connectivity index (χ3n) is 3.58. The summed E-state index contributed by atoms with van der Waals surface area (Å²) in [5.74, 6) is 0. The van der Waals surface area contributed by atoms with Gasteiger partial charge in [-0.05, 0) is 30.5 Å². The lowest BCUT2D eigenvalue weighted by Gasteiger charge is -2.14.